The van der Waals surface area contributed by atoms with E-state index in [0.29, 0.717) is 11.8 Å². The van der Waals surface area contributed by atoms with Crippen LogP contribution < -0.4 is 0 Å². The van der Waals surface area contributed by atoms with E-state index < -0.39 is 12.4 Å². The van der Waals surface area contributed by atoms with Crippen LogP contribution in [0.15, 0.2) is 36.4 Å². The summed E-state index contributed by atoms with van der Waals surface area (Å²) in [6.07, 6.45) is 6.56. The molecule has 1 unspecified atom stereocenters. The fourth-order valence-electron chi connectivity index (χ4n) is 3.69. The molecule has 3 rings (SSSR count). The van der Waals surface area contributed by atoms with Crippen LogP contribution in [0.3, 0.4) is 0 Å². The highest BCUT2D eigenvalue weighted by molar-refractivity contribution is 5.26. The van der Waals surface area contributed by atoms with Crippen LogP contribution >= 0.6 is 0 Å². The standard InChI is InChI=1S/C20H26F2O2/c1-2-3-15-4-9-17(10-5-15)18-11-6-16(7-12-18)8-13-19-14-23-20(21,22)24-19/h4-5,8-10,13,16,18-19H,2-3,6-7,11-12,14H2,1H3/b13-8+. The monoisotopic (exact) mass is 336 g/mol. The van der Waals surface area contributed by atoms with Crippen LogP contribution in [0.1, 0.15) is 56.1 Å². The number of ether oxygens (including phenoxy) is 2. The molecular weight excluding hydrogens is 310 g/mol. The number of benzene rings is 1. The molecule has 1 heterocycles. The Hall–Kier alpha value is -1.26. The molecule has 4 heteroatoms. The third-order valence-corrected chi connectivity index (χ3v) is 5.06. The van der Waals surface area contributed by atoms with Gasteiger partial charge in [-0.3, -0.25) is 9.47 Å². The fraction of sp³-hybridized carbons (Fsp3) is 0.600. The smallest absolute Gasteiger partial charge is 0.293 e. The van der Waals surface area contributed by atoms with Crippen molar-refractivity contribution in [1.82, 2.24) is 0 Å². The van der Waals surface area contributed by atoms with E-state index in [1.54, 1.807) is 6.08 Å². The summed E-state index contributed by atoms with van der Waals surface area (Å²) in [6, 6.07) is 9.06. The minimum absolute atomic E-state index is 0.0665. The van der Waals surface area contributed by atoms with E-state index in [1.807, 2.05) is 6.08 Å². The van der Waals surface area contributed by atoms with Gasteiger partial charge < -0.3 is 0 Å². The zero-order valence-electron chi connectivity index (χ0n) is 14.2. The predicted molar refractivity (Wildman–Crippen MR) is 90.0 cm³/mol. The minimum atomic E-state index is -3.42. The zero-order chi connectivity index (χ0) is 17.0. The third-order valence-electron chi connectivity index (χ3n) is 5.06. The lowest BCUT2D eigenvalue weighted by Gasteiger charge is -2.27. The molecular formula is C20H26F2O2. The maximum absolute atomic E-state index is 12.8. The highest BCUT2D eigenvalue weighted by atomic mass is 19.3. The van der Waals surface area contributed by atoms with E-state index >= 15 is 0 Å². The number of hydrogen-bond acceptors (Lipinski definition) is 2. The summed E-state index contributed by atoms with van der Waals surface area (Å²) in [6.45, 7) is 2.13. The summed E-state index contributed by atoms with van der Waals surface area (Å²) in [5.74, 6) is 1.08. The second-order valence-corrected chi connectivity index (χ2v) is 6.92. The van der Waals surface area contributed by atoms with Gasteiger partial charge in [-0.2, -0.15) is 0 Å². The molecule has 1 atom stereocenters. The molecule has 1 saturated carbocycles. The van der Waals surface area contributed by atoms with Crippen molar-refractivity contribution in [3.63, 3.8) is 0 Å². The van der Waals surface area contributed by atoms with Gasteiger partial charge in [0.15, 0.2) is 0 Å². The number of rotatable bonds is 5. The summed E-state index contributed by atoms with van der Waals surface area (Å²) in [5, 5.41) is 0. The second-order valence-electron chi connectivity index (χ2n) is 6.92. The molecule has 24 heavy (non-hydrogen) atoms. The molecule has 0 spiro atoms. The Labute approximate surface area is 142 Å². The van der Waals surface area contributed by atoms with Crippen molar-refractivity contribution >= 4 is 0 Å². The zero-order valence-corrected chi connectivity index (χ0v) is 14.2. The average molecular weight is 336 g/mol. The van der Waals surface area contributed by atoms with Crippen LogP contribution in [-0.2, 0) is 15.9 Å². The lowest BCUT2D eigenvalue weighted by atomic mass is 9.78. The number of halogens is 2. The van der Waals surface area contributed by atoms with E-state index in [9.17, 15) is 8.78 Å². The first-order valence-corrected chi connectivity index (χ1v) is 9.02. The number of hydrogen-bond donors (Lipinski definition) is 0. The van der Waals surface area contributed by atoms with Gasteiger partial charge in [0.2, 0.25) is 0 Å². The molecule has 1 aromatic carbocycles. The van der Waals surface area contributed by atoms with Crippen LogP contribution in [0.25, 0.3) is 0 Å². The third kappa shape index (κ3) is 4.64. The SMILES string of the molecule is CCCc1ccc(C2CCC(/C=C/C3COC(F)(F)O3)CC2)cc1. The van der Waals surface area contributed by atoms with Crippen LogP contribution in [0, 0.1) is 5.92 Å². The quantitative estimate of drug-likeness (QED) is 0.667. The van der Waals surface area contributed by atoms with Crippen molar-refractivity contribution < 1.29 is 18.3 Å². The van der Waals surface area contributed by atoms with E-state index in [4.69, 9.17) is 0 Å². The summed E-state index contributed by atoms with van der Waals surface area (Å²) >= 11 is 0. The van der Waals surface area contributed by atoms with Crippen molar-refractivity contribution in [2.75, 3.05) is 6.61 Å². The molecule has 2 fully saturated rings. The van der Waals surface area contributed by atoms with Crippen LogP contribution in [0.5, 0.6) is 0 Å². The molecule has 2 nitrogen and oxygen atoms in total. The Bertz CT molecular complexity index is 545. The van der Waals surface area contributed by atoms with Gasteiger partial charge in [-0.25, -0.2) is 0 Å². The van der Waals surface area contributed by atoms with E-state index in [-0.39, 0.29) is 6.61 Å². The summed E-state index contributed by atoms with van der Waals surface area (Å²) in [7, 11) is 0. The number of alkyl halides is 2. The van der Waals surface area contributed by atoms with Crippen LogP contribution in [-0.4, -0.2) is 19.0 Å². The Morgan fingerprint density at radius 2 is 1.79 bits per heavy atom. The summed E-state index contributed by atoms with van der Waals surface area (Å²) in [4.78, 5) is 0. The average Bonchev–Trinajstić information content (AvgIpc) is 2.94. The Balaban J connectivity index is 1.47. The van der Waals surface area contributed by atoms with Crippen molar-refractivity contribution in [3.8, 4) is 0 Å². The first-order valence-electron chi connectivity index (χ1n) is 9.02. The first kappa shape index (κ1) is 17.6. The molecule has 0 aromatic heterocycles. The molecule has 1 aromatic rings. The molecule has 1 saturated heterocycles. The molecule has 0 radical (unpaired) electrons. The largest absolute Gasteiger partial charge is 0.486 e. The lowest BCUT2D eigenvalue weighted by Crippen LogP contribution is -2.17. The van der Waals surface area contributed by atoms with Gasteiger partial charge in [-0.05, 0) is 55.1 Å². The van der Waals surface area contributed by atoms with Crippen LogP contribution in [0.2, 0.25) is 0 Å². The first-order chi connectivity index (χ1) is 11.6. The maximum Gasteiger partial charge on any atom is 0.486 e. The second kappa shape index (κ2) is 7.75. The van der Waals surface area contributed by atoms with Crippen molar-refractivity contribution in [1.29, 1.82) is 0 Å². The van der Waals surface area contributed by atoms with E-state index in [2.05, 4.69) is 40.7 Å². The van der Waals surface area contributed by atoms with Crippen molar-refractivity contribution in [3.05, 3.63) is 47.5 Å². The van der Waals surface area contributed by atoms with Gasteiger partial charge in [0.1, 0.15) is 6.10 Å². The van der Waals surface area contributed by atoms with Crippen molar-refractivity contribution in [2.24, 2.45) is 5.92 Å². The summed E-state index contributed by atoms with van der Waals surface area (Å²) < 4.78 is 34.4. The minimum Gasteiger partial charge on any atom is -0.293 e. The number of aryl methyl sites for hydroxylation is 1. The number of allylic oxidation sites excluding steroid dienone is 1. The summed E-state index contributed by atoms with van der Waals surface area (Å²) in [5.41, 5.74) is 2.85. The lowest BCUT2D eigenvalue weighted by molar-refractivity contribution is -0.344. The molecule has 1 aliphatic carbocycles. The molecule has 0 amide bonds. The van der Waals surface area contributed by atoms with Gasteiger partial charge in [0, 0.05) is 0 Å². The normalized spacial score (nSPS) is 30.0. The van der Waals surface area contributed by atoms with Crippen LogP contribution in [0.4, 0.5) is 8.78 Å². The topological polar surface area (TPSA) is 18.5 Å². The predicted octanol–water partition coefficient (Wildman–Crippen LogP) is 5.43. The molecule has 0 bridgehead atoms. The Kier molecular flexibility index (Phi) is 5.67. The Morgan fingerprint density at radius 3 is 2.38 bits per heavy atom. The highest BCUT2D eigenvalue weighted by Gasteiger charge is 2.41. The van der Waals surface area contributed by atoms with Gasteiger partial charge in [-0.1, -0.05) is 49.8 Å². The van der Waals surface area contributed by atoms with E-state index in [1.165, 1.54) is 17.5 Å². The fourth-order valence-corrected chi connectivity index (χ4v) is 3.69. The van der Waals surface area contributed by atoms with Gasteiger partial charge in [0.25, 0.3) is 0 Å². The Morgan fingerprint density at radius 1 is 1.08 bits per heavy atom. The van der Waals surface area contributed by atoms with Crippen molar-refractivity contribution in [2.45, 2.75) is 63.8 Å². The maximum atomic E-state index is 12.8. The molecule has 1 aliphatic heterocycles. The highest BCUT2D eigenvalue weighted by Crippen LogP contribution is 2.37. The van der Waals surface area contributed by atoms with Gasteiger partial charge >= 0.3 is 6.29 Å². The molecule has 132 valence electrons. The molecule has 2 aliphatic rings. The van der Waals surface area contributed by atoms with Gasteiger partial charge in [-0.15, -0.1) is 8.78 Å². The van der Waals surface area contributed by atoms with E-state index in [0.717, 1.165) is 32.1 Å². The molecule has 0 N–H and O–H groups in total. The van der Waals surface area contributed by atoms with Gasteiger partial charge in [0.05, 0.1) is 6.61 Å².